The predicted molar refractivity (Wildman–Crippen MR) is 61.1 cm³/mol. The molecule has 0 fully saturated rings. The Morgan fingerprint density at radius 1 is 1.38 bits per heavy atom. The maximum Gasteiger partial charge on any atom is 0.276 e. The highest BCUT2D eigenvalue weighted by atomic mass is 16.5. The Labute approximate surface area is 93.1 Å². The van der Waals surface area contributed by atoms with E-state index in [0.717, 1.165) is 5.69 Å². The Morgan fingerprint density at radius 2 is 2.06 bits per heavy atom. The largest absolute Gasteiger partial charge is 0.481 e. The molecule has 0 saturated heterocycles. The summed E-state index contributed by atoms with van der Waals surface area (Å²) in [6.07, 6.45) is 0. The van der Waals surface area contributed by atoms with E-state index in [0.29, 0.717) is 11.5 Å². The van der Waals surface area contributed by atoms with Crippen LogP contribution in [-0.2, 0) is 5.41 Å². The smallest absolute Gasteiger partial charge is 0.276 e. The van der Waals surface area contributed by atoms with Crippen LogP contribution in [0.25, 0.3) is 5.65 Å². The second-order valence-electron chi connectivity index (χ2n) is 4.75. The fourth-order valence-corrected chi connectivity index (χ4v) is 1.46. The van der Waals surface area contributed by atoms with Crippen LogP contribution in [0.15, 0.2) is 16.9 Å². The van der Waals surface area contributed by atoms with E-state index >= 15 is 0 Å². The van der Waals surface area contributed by atoms with Crippen molar-refractivity contribution in [1.82, 2.24) is 14.6 Å². The zero-order valence-electron chi connectivity index (χ0n) is 9.87. The van der Waals surface area contributed by atoms with Crippen molar-refractivity contribution in [3.63, 3.8) is 0 Å². The first-order chi connectivity index (χ1) is 7.41. The normalized spacial score (nSPS) is 12.0. The van der Waals surface area contributed by atoms with Crippen LogP contribution in [0.4, 0.5) is 0 Å². The van der Waals surface area contributed by atoms with Crippen LogP contribution < -0.4 is 10.3 Å². The highest BCUT2D eigenvalue weighted by molar-refractivity contribution is 5.42. The average molecular weight is 221 g/mol. The lowest BCUT2D eigenvalue weighted by Gasteiger charge is -2.14. The van der Waals surface area contributed by atoms with Gasteiger partial charge >= 0.3 is 0 Å². The van der Waals surface area contributed by atoms with Gasteiger partial charge in [-0.1, -0.05) is 20.8 Å². The van der Waals surface area contributed by atoms with Gasteiger partial charge in [0.25, 0.3) is 5.56 Å². The van der Waals surface area contributed by atoms with Crippen molar-refractivity contribution in [1.29, 1.82) is 0 Å². The van der Waals surface area contributed by atoms with Gasteiger partial charge in [-0.3, -0.25) is 9.89 Å². The van der Waals surface area contributed by atoms with Gasteiger partial charge in [0.15, 0.2) is 5.65 Å². The monoisotopic (exact) mass is 221 g/mol. The quantitative estimate of drug-likeness (QED) is 0.790. The maximum absolute atomic E-state index is 11.7. The van der Waals surface area contributed by atoms with Gasteiger partial charge in [0.2, 0.25) is 5.88 Å². The number of hydrogen-bond donors (Lipinski definition) is 1. The van der Waals surface area contributed by atoms with Gasteiger partial charge in [0.05, 0.1) is 13.2 Å². The SMILES string of the molecule is COc1cc(=O)n2[nH]c(C(C)(C)C)cc2n1. The molecular weight excluding hydrogens is 206 g/mol. The lowest BCUT2D eigenvalue weighted by atomic mass is 9.93. The molecule has 0 bridgehead atoms. The molecule has 2 aromatic heterocycles. The van der Waals surface area contributed by atoms with Crippen molar-refractivity contribution < 1.29 is 4.74 Å². The van der Waals surface area contributed by atoms with Crippen molar-refractivity contribution >= 4 is 5.65 Å². The topological polar surface area (TPSA) is 59.4 Å². The molecule has 0 aliphatic rings. The van der Waals surface area contributed by atoms with Crippen molar-refractivity contribution in [3.8, 4) is 5.88 Å². The molecule has 1 N–H and O–H groups in total. The van der Waals surface area contributed by atoms with E-state index in [1.807, 2.05) is 6.07 Å². The van der Waals surface area contributed by atoms with E-state index in [4.69, 9.17) is 4.74 Å². The van der Waals surface area contributed by atoms with Gasteiger partial charge in [-0.15, -0.1) is 0 Å². The molecule has 0 unspecified atom stereocenters. The number of methoxy groups -OCH3 is 1. The van der Waals surface area contributed by atoms with E-state index in [2.05, 4.69) is 30.9 Å². The Hall–Kier alpha value is -1.78. The predicted octanol–water partition coefficient (Wildman–Crippen LogP) is 1.33. The molecule has 5 heteroatoms. The number of H-pyrrole nitrogens is 1. The van der Waals surface area contributed by atoms with E-state index in [1.165, 1.54) is 17.7 Å². The molecule has 0 atom stereocenters. The summed E-state index contributed by atoms with van der Waals surface area (Å²) in [5, 5.41) is 3.04. The van der Waals surface area contributed by atoms with Crippen LogP contribution in [0.3, 0.4) is 0 Å². The molecular formula is C11H15N3O2. The number of fused-ring (bicyclic) bond motifs is 1. The fraction of sp³-hybridized carbons (Fsp3) is 0.455. The lowest BCUT2D eigenvalue weighted by Crippen LogP contribution is -2.16. The number of hydrogen-bond acceptors (Lipinski definition) is 3. The van der Waals surface area contributed by atoms with Crippen molar-refractivity contribution in [3.05, 3.63) is 28.2 Å². The molecule has 0 amide bonds. The van der Waals surface area contributed by atoms with Crippen molar-refractivity contribution in [2.75, 3.05) is 7.11 Å². The summed E-state index contributed by atoms with van der Waals surface area (Å²) in [6, 6.07) is 3.22. The Morgan fingerprint density at radius 3 is 2.62 bits per heavy atom. The minimum Gasteiger partial charge on any atom is -0.481 e. The molecule has 2 rings (SSSR count). The molecule has 0 aromatic carbocycles. The van der Waals surface area contributed by atoms with Gasteiger partial charge in [-0.2, -0.15) is 4.98 Å². The average Bonchev–Trinajstić information content (AvgIpc) is 2.61. The number of nitrogens with zero attached hydrogens (tertiary/aromatic N) is 2. The highest BCUT2D eigenvalue weighted by Gasteiger charge is 2.17. The van der Waals surface area contributed by atoms with Crippen LogP contribution in [0, 0.1) is 0 Å². The maximum atomic E-state index is 11.7. The van der Waals surface area contributed by atoms with Gasteiger partial charge < -0.3 is 4.74 Å². The number of nitrogens with one attached hydrogen (secondary N) is 1. The summed E-state index contributed by atoms with van der Waals surface area (Å²) >= 11 is 0. The summed E-state index contributed by atoms with van der Waals surface area (Å²) in [5.74, 6) is 0.337. The highest BCUT2D eigenvalue weighted by Crippen LogP contribution is 2.21. The van der Waals surface area contributed by atoms with E-state index in [9.17, 15) is 4.79 Å². The number of ether oxygens (including phenoxy) is 1. The Bertz CT molecular complexity index is 575. The molecule has 0 radical (unpaired) electrons. The van der Waals surface area contributed by atoms with E-state index in [1.54, 1.807) is 0 Å². The molecule has 86 valence electrons. The van der Waals surface area contributed by atoms with Crippen LogP contribution in [0.5, 0.6) is 5.88 Å². The fourth-order valence-electron chi connectivity index (χ4n) is 1.46. The molecule has 5 nitrogen and oxygen atoms in total. The third-order valence-corrected chi connectivity index (χ3v) is 2.44. The van der Waals surface area contributed by atoms with Crippen LogP contribution >= 0.6 is 0 Å². The summed E-state index contributed by atoms with van der Waals surface area (Å²) in [4.78, 5) is 15.9. The molecule has 2 aromatic rings. The molecule has 0 spiro atoms. The van der Waals surface area contributed by atoms with E-state index in [-0.39, 0.29) is 11.0 Å². The first-order valence-electron chi connectivity index (χ1n) is 5.09. The second-order valence-corrected chi connectivity index (χ2v) is 4.75. The third kappa shape index (κ3) is 1.68. The van der Waals surface area contributed by atoms with Crippen LogP contribution in [0.2, 0.25) is 0 Å². The minimum atomic E-state index is -0.169. The molecule has 0 saturated carbocycles. The third-order valence-electron chi connectivity index (χ3n) is 2.44. The molecule has 0 aliphatic carbocycles. The second kappa shape index (κ2) is 3.37. The lowest BCUT2D eigenvalue weighted by molar-refractivity contribution is 0.397. The summed E-state index contributed by atoms with van der Waals surface area (Å²) < 4.78 is 6.38. The minimum absolute atomic E-state index is 0.0482. The van der Waals surface area contributed by atoms with Crippen LogP contribution in [0.1, 0.15) is 26.5 Å². The van der Waals surface area contributed by atoms with Crippen molar-refractivity contribution in [2.45, 2.75) is 26.2 Å². The standard InChI is InChI=1S/C11H15N3O2/c1-11(2,3)7-5-8-12-9(16-4)6-10(15)14(8)13-7/h5-6,13H,1-4H3. The molecule has 0 aliphatic heterocycles. The number of aromatic amines is 1. The first kappa shape index (κ1) is 10.7. The number of aromatic nitrogens is 3. The van der Waals surface area contributed by atoms with Gasteiger partial charge in [-0.05, 0) is 0 Å². The zero-order valence-corrected chi connectivity index (χ0v) is 9.87. The van der Waals surface area contributed by atoms with Crippen molar-refractivity contribution in [2.24, 2.45) is 0 Å². The zero-order chi connectivity index (χ0) is 11.9. The molecule has 16 heavy (non-hydrogen) atoms. The Kier molecular flexibility index (Phi) is 2.26. The molecule has 2 heterocycles. The number of rotatable bonds is 1. The first-order valence-corrected chi connectivity index (χ1v) is 5.09. The van der Waals surface area contributed by atoms with Gasteiger partial charge in [0, 0.05) is 17.2 Å². The summed E-state index contributed by atoms with van der Waals surface area (Å²) in [5.41, 5.74) is 1.32. The Balaban J connectivity index is 2.71. The summed E-state index contributed by atoms with van der Waals surface area (Å²) in [6.45, 7) is 6.21. The van der Waals surface area contributed by atoms with Crippen LogP contribution in [-0.4, -0.2) is 21.7 Å². The van der Waals surface area contributed by atoms with E-state index < -0.39 is 0 Å². The van der Waals surface area contributed by atoms with Gasteiger partial charge in [-0.25, -0.2) is 4.52 Å². The summed E-state index contributed by atoms with van der Waals surface area (Å²) in [7, 11) is 1.50. The van der Waals surface area contributed by atoms with Gasteiger partial charge in [0.1, 0.15) is 0 Å².